The van der Waals surface area contributed by atoms with Crippen LogP contribution in [0.4, 0.5) is 5.69 Å². The van der Waals surface area contributed by atoms with Crippen LogP contribution in [0.1, 0.15) is 5.56 Å². The molecule has 1 heterocycles. The minimum atomic E-state index is -0.533. The SMILES string of the molecule is O=[N+]([O-])c1cccnc1OCc1ccccc1Cl. The number of aromatic nitrogens is 1. The van der Waals surface area contributed by atoms with Gasteiger partial charge in [0.15, 0.2) is 0 Å². The van der Waals surface area contributed by atoms with Gasteiger partial charge in [-0.2, -0.15) is 0 Å². The van der Waals surface area contributed by atoms with E-state index in [1.807, 2.05) is 6.07 Å². The van der Waals surface area contributed by atoms with E-state index in [0.717, 1.165) is 5.56 Å². The third-order valence-corrected chi connectivity index (χ3v) is 2.64. The Bertz CT molecular complexity index is 575. The highest BCUT2D eigenvalue weighted by molar-refractivity contribution is 6.31. The molecule has 92 valence electrons. The van der Waals surface area contributed by atoms with Crippen LogP contribution in [0.2, 0.25) is 5.02 Å². The maximum atomic E-state index is 10.8. The van der Waals surface area contributed by atoms with Crippen molar-refractivity contribution in [2.24, 2.45) is 0 Å². The van der Waals surface area contributed by atoms with E-state index < -0.39 is 4.92 Å². The standard InChI is InChI=1S/C12H9ClN2O3/c13-10-5-2-1-4-9(10)8-18-12-11(15(16)17)6-3-7-14-12/h1-7H,8H2. The molecule has 2 rings (SSSR count). The van der Waals surface area contributed by atoms with Crippen molar-refractivity contribution in [2.75, 3.05) is 0 Å². The smallest absolute Gasteiger partial charge is 0.330 e. The molecule has 0 N–H and O–H groups in total. The molecule has 0 saturated heterocycles. The van der Waals surface area contributed by atoms with E-state index in [2.05, 4.69) is 4.98 Å². The van der Waals surface area contributed by atoms with Gasteiger partial charge in [0.2, 0.25) is 0 Å². The van der Waals surface area contributed by atoms with Crippen molar-refractivity contribution in [3.63, 3.8) is 0 Å². The van der Waals surface area contributed by atoms with Gasteiger partial charge < -0.3 is 4.74 Å². The highest BCUT2D eigenvalue weighted by Crippen LogP contribution is 2.24. The number of hydrogen-bond donors (Lipinski definition) is 0. The first kappa shape index (κ1) is 12.3. The first-order valence-electron chi connectivity index (χ1n) is 5.14. The number of halogens is 1. The van der Waals surface area contributed by atoms with Gasteiger partial charge >= 0.3 is 5.69 Å². The van der Waals surface area contributed by atoms with Gasteiger partial charge in [0.1, 0.15) is 6.61 Å². The lowest BCUT2D eigenvalue weighted by molar-refractivity contribution is -0.386. The predicted molar refractivity (Wildman–Crippen MR) is 66.7 cm³/mol. The Morgan fingerprint density at radius 2 is 2.06 bits per heavy atom. The number of hydrogen-bond acceptors (Lipinski definition) is 4. The highest BCUT2D eigenvalue weighted by atomic mass is 35.5. The molecule has 5 nitrogen and oxygen atoms in total. The molecule has 0 unspecified atom stereocenters. The highest BCUT2D eigenvalue weighted by Gasteiger charge is 2.15. The van der Waals surface area contributed by atoms with E-state index in [1.54, 1.807) is 18.2 Å². The Balaban J connectivity index is 2.16. The lowest BCUT2D eigenvalue weighted by atomic mass is 10.2. The van der Waals surface area contributed by atoms with E-state index in [1.165, 1.54) is 18.3 Å². The molecule has 0 radical (unpaired) electrons. The van der Waals surface area contributed by atoms with Crippen molar-refractivity contribution in [2.45, 2.75) is 6.61 Å². The van der Waals surface area contributed by atoms with Crippen LogP contribution < -0.4 is 4.74 Å². The maximum absolute atomic E-state index is 10.8. The van der Waals surface area contributed by atoms with Crippen LogP contribution in [-0.2, 0) is 6.61 Å². The maximum Gasteiger partial charge on any atom is 0.330 e. The Hall–Kier alpha value is -2.14. The van der Waals surface area contributed by atoms with Gasteiger partial charge in [0, 0.05) is 22.8 Å². The monoisotopic (exact) mass is 264 g/mol. The second-order valence-corrected chi connectivity index (χ2v) is 3.87. The Morgan fingerprint density at radius 3 is 2.78 bits per heavy atom. The zero-order valence-corrected chi connectivity index (χ0v) is 10.0. The fraction of sp³-hybridized carbons (Fsp3) is 0.0833. The van der Waals surface area contributed by atoms with Crippen LogP contribution in [0, 0.1) is 10.1 Å². The van der Waals surface area contributed by atoms with Crippen LogP contribution >= 0.6 is 11.6 Å². The van der Waals surface area contributed by atoms with Gasteiger partial charge in [-0.1, -0.05) is 29.8 Å². The average molecular weight is 265 g/mol. The van der Waals surface area contributed by atoms with Crippen LogP contribution in [0.3, 0.4) is 0 Å². The molecular formula is C12H9ClN2O3. The molecule has 6 heteroatoms. The van der Waals surface area contributed by atoms with Gasteiger partial charge in [-0.05, 0) is 12.1 Å². The summed E-state index contributed by atoms with van der Waals surface area (Å²) in [5, 5.41) is 11.3. The third-order valence-electron chi connectivity index (χ3n) is 2.27. The number of benzene rings is 1. The number of nitrogens with zero attached hydrogens (tertiary/aromatic N) is 2. The molecule has 1 aromatic heterocycles. The number of ether oxygens (including phenoxy) is 1. The molecule has 0 aliphatic rings. The van der Waals surface area contributed by atoms with Gasteiger partial charge in [-0.15, -0.1) is 0 Å². The van der Waals surface area contributed by atoms with Gasteiger partial charge in [0.05, 0.1) is 4.92 Å². The average Bonchev–Trinajstić information content (AvgIpc) is 2.38. The summed E-state index contributed by atoms with van der Waals surface area (Å²) in [7, 11) is 0. The molecular weight excluding hydrogens is 256 g/mol. The van der Waals surface area contributed by atoms with Crippen molar-refractivity contribution in [3.05, 3.63) is 63.3 Å². The van der Waals surface area contributed by atoms with Gasteiger partial charge in [-0.3, -0.25) is 10.1 Å². The second-order valence-electron chi connectivity index (χ2n) is 3.46. The lowest BCUT2D eigenvalue weighted by Crippen LogP contribution is -2.01. The van der Waals surface area contributed by atoms with Crippen LogP contribution in [0.25, 0.3) is 0 Å². The summed E-state index contributed by atoms with van der Waals surface area (Å²) >= 11 is 5.96. The van der Waals surface area contributed by atoms with E-state index >= 15 is 0 Å². The Labute approximate surface area is 108 Å². The molecule has 1 aromatic carbocycles. The number of pyridine rings is 1. The summed E-state index contributed by atoms with van der Waals surface area (Å²) in [5.74, 6) is -0.0116. The summed E-state index contributed by atoms with van der Waals surface area (Å²) in [6.07, 6.45) is 1.44. The predicted octanol–water partition coefficient (Wildman–Crippen LogP) is 3.22. The molecule has 0 saturated carbocycles. The molecule has 0 spiro atoms. The summed E-state index contributed by atoms with van der Waals surface area (Å²) in [4.78, 5) is 14.1. The summed E-state index contributed by atoms with van der Waals surface area (Å²) in [6, 6.07) is 9.96. The molecule has 0 aliphatic heterocycles. The minimum Gasteiger partial charge on any atom is -0.468 e. The fourth-order valence-electron chi connectivity index (χ4n) is 1.39. The van der Waals surface area contributed by atoms with Crippen molar-refractivity contribution < 1.29 is 9.66 Å². The minimum absolute atomic E-state index is 0.0116. The zero-order valence-electron chi connectivity index (χ0n) is 9.25. The van der Waals surface area contributed by atoms with Crippen molar-refractivity contribution in [3.8, 4) is 5.88 Å². The van der Waals surface area contributed by atoms with Crippen LogP contribution in [0.5, 0.6) is 5.88 Å². The first-order chi connectivity index (χ1) is 8.68. The normalized spacial score (nSPS) is 10.1. The molecule has 0 amide bonds. The molecule has 18 heavy (non-hydrogen) atoms. The second kappa shape index (κ2) is 5.46. The largest absolute Gasteiger partial charge is 0.468 e. The molecule has 2 aromatic rings. The van der Waals surface area contributed by atoms with Crippen molar-refractivity contribution in [1.82, 2.24) is 4.98 Å². The summed E-state index contributed by atoms with van der Waals surface area (Å²) in [6.45, 7) is 0.136. The molecule has 0 bridgehead atoms. The van der Waals surface area contributed by atoms with Crippen molar-refractivity contribution >= 4 is 17.3 Å². The molecule has 0 fully saturated rings. The van der Waals surface area contributed by atoms with E-state index in [9.17, 15) is 10.1 Å². The first-order valence-corrected chi connectivity index (χ1v) is 5.52. The summed E-state index contributed by atoms with van der Waals surface area (Å²) in [5.41, 5.74) is 0.587. The van der Waals surface area contributed by atoms with Crippen LogP contribution in [-0.4, -0.2) is 9.91 Å². The fourth-order valence-corrected chi connectivity index (χ4v) is 1.58. The number of rotatable bonds is 4. The quantitative estimate of drug-likeness (QED) is 0.628. The lowest BCUT2D eigenvalue weighted by Gasteiger charge is -2.06. The topological polar surface area (TPSA) is 65.3 Å². The van der Waals surface area contributed by atoms with E-state index in [-0.39, 0.29) is 18.2 Å². The van der Waals surface area contributed by atoms with Gasteiger partial charge in [0.25, 0.3) is 5.88 Å². The molecule has 0 aliphatic carbocycles. The van der Waals surface area contributed by atoms with Gasteiger partial charge in [-0.25, -0.2) is 4.98 Å². The van der Waals surface area contributed by atoms with Crippen LogP contribution in [0.15, 0.2) is 42.6 Å². The number of nitro groups is 1. The third kappa shape index (κ3) is 2.75. The molecule has 0 atom stereocenters. The van der Waals surface area contributed by atoms with Crippen molar-refractivity contribution in [1.29, 1.82) is 0 Å². The zero-order chi connectivity index (χ0) is 13.0. The van der Waals surface area contributed by atoms with E-state index in [4.69, 9.17) is 16.3 Å². The van der Waals surface area contributed by atoms with E-state index in [0.29, 0.717) is 5.02 Å². The summed E-state index contributed by atoms with van der Waals surface area (Å²) < 4.78 is 5.33. The Morgan fingerprint density at radius 1 is 1.28 bits per heavy atom. The Kier molecular flexibility index (Phi) is 3.74.